The molecule has 0 spiro atoms. The third-order valence-electron chi connectivity index (χ3n) is 4.33. The largest absolute Gasteiger partial charge is 0.478 e. The lowest BCUT2D eigenvalue weighted by atomic mass is 10.1. The zero-order valence-electron chi connectivity index (χ0n) is 19.4. The van der Waals surface area contributed by atoms with Gasteiger partial charge in [0.15, 0.2) is 0 Å². The highest BCUT2D eigenvalue weighted by atomic mass is 16.5. The Morgan fingerprint density at radius 3 is 2.13 bits per heavy atom. The molecule has 178 valence electrons. The van der Waals surface area contributed by atoms with Crippen LogP contribution in [0.4, 0.5) is 0 Å². The quantitative estimate of drug-likeness (QED) is 0.195. The van der Waals surface area contributed by atoms with E-state index in [1.165, 1.54) is 36.4 Å². The molecule has 0 fully saturated rings. The average molecular weight is 439 g/mol. The molecule has 0 aliphatic rings. The Morgan fingerprint density at radius 1 is 1.00 bits per heavy atom. The van der Waals surface area contributed by atoms with E-state index in [9.17, 15) is 14.4 Å². The molecule has 3 N–H and O–H groups in total. The van der Waals surface area contributed by atoms with Gasteiger partial charge in [0.25, 0.3) is 0 Å². The molecule has 0 heterocycles. The fraction of sp³-hybridized carbons (Fsp3) is 0.625. The third-order valence-corrected chi connectivity index (χ3v) is 4.33. The van der Waals surface area contributed by atoms with Gasteiger partial charge in [0, 0.05) is 30.9 Å². The minimum Gasteiger partial charge on any atom is -0.478 e. The van der Waals surface area contributed by atoms with Crippen molar-refractivity contribution in [1.29, 1.82) is 0 Å². The summed E-state index contributed by atoms with van der Waals surface area (Å²) in [5, 5.41) is 8.53. The molecule has 0 aliphatic carbocycles. The number of hydrogen-bond donors (Lipinski definition) is 2. The molecule has 0 bridgehead atoms. The summed E-state index contributed by atoms with van der Waals surface area (Å²) in [5.41, 5.74) is 5.75. The number of carboxylic acid groups (broad SMARTS) is 1. The molecule has 0 aromatic heterocycles. The normalized spacial score (nSPS) is 10.2. The fourth-order valence-corrected chi connectivity index (χ4v) is 2.54. The van der Waals surface area contributed by atoms with Crippen LogP contribution in [0.1, 0.15) is 78.1 Å². The van der Waals surface area contributed by atoms with E-state index in [2.05, 4.69) is 27.0 Å². The number of ether oxygens (including phenoxy) is 1. The van der Waals surface area contributed by atoms with Crippen LogP contribution in [-0.4, -0.2) is 47.5 Å². The second-order valence-corrected chi connectivity index (χ2v) is 7.14. The van der Waals surface area contributed by atoms with E-state index < -0.39 is 5.97 Å². The van der Waals surface area contributed by atoms with Crippen LogP contribution in [0.5, 0.6) is 0 Å². The van der Waals surface area contributed by atoms with Gasteiger partial charge in [-0.05, 0) is 25.3 Å². The molecule has 0 aromatic carbocycles. The van der Waals surface area contributed by atoms with Crippen molar-refractivity contribution in [2.24, 2.45) is 5.73 Å². The minimum absolute atomic E-state index is 0.263. The number of carbonyl (C=O) groups is 3. The summed E-state index contributed by atoms with van der Waals surface area (Å²) in [7, 11) is 0. The summed E-state index contributed by atoms with van der Waals surface area (Å²) in [5.74, 6) is -1.62. The molecule has 0 saturated carbocycles. The molecular formula is C24H42N2O5. The second kappa shape index (κ2) is 22.3. The van der Waals surface area contributed by atoms with Crippen LogP contribution in [0, 0.1) is 0 Å². The Morgan fingerprint density at radius 2 is 1.58 bits per heavy atom. The number of carbonyl (C=O) groups excluding carboxylic acids is 2. The first-order chi connectivity index (χ1) is 14.8. The van der Waals surface area contributed by atoms with Gasteiger partial charge in [0.05, 0.1) is 0 Å². The Labute approximate surface area is 188 Å². The maximum absolute atomic E-state index is 11.5. The molecule has 31 heavy (non-hydrogen) atoms. The monoisotopic (exact) mass is 438 g/mol. The number of esters is 1. The van der Waals surface area contributed by atoms with Crippen LogP contribution in [0.15, 0.2) is 37.1 Å². The molecule has 7 nitrogen and oxygen atoms in total. The number of nitrogens with zero attached hydrogens (tertiary/aromatic N) is 1. The minimum atomic E-state index is -1.06. The van der Waals surface area contributed by atoms with Gasteiger partial charge in [-0.2, -0.15) is 0 Å². The standard InChI is InChI=1S/C14H23NO3.C10H19NO2/c1-3-5-6-7-8-9-11-15(13(16)4-2)12-10-14(17)18;1-3-4-5-6-9(2)10(12)13-8-7-11/h4,10,12H,2-3,5-9,11H2,1H3,(H,17,18);2-8,11H2,1H3. The van der Waals surface area contributed by atoms with Crippen molar-refractivity contribution in [3.05, 3.63) is 37.1 Å². The van der Waals surface area contributed by atoms with Gasteiger partial charge in [-0.3, -0.25) is 4.79 Å². The summed E-state index contributed by atoms with van der Waals surface area (Å²) in [6, 6.07) is 0. The van der Waals surface area contributed by atoms with Gasteiger partial charge in [0.2, 0.25) is 5.91 Å². The molecule has 0 radical (unpaired) electrons. The number of nitrogens with two attached hydrogens (primary N) is 1. The highest BCUT2D eigenvalue weighted by Crippen LogP contribution is 2.08. The van der Waals surface area contributed by atoms with Gasteiger partial charge < -0.3 is 20.5 Å². The summed E-state index contributed by atoms with van der Waals surface area (Å²) in [6.45, 7) is 12.6. The number of carboxylic acids is 1. The number of rotatable bonds is 17. The van der Waals surface area contributed by atoms with Gasteiger partial charge in [-0.1, -0.05) is 72.0 Å². The molecule has 0 rings (SSSR count). The van der Waals surface area contributed by atoms with Crippen LogP contribution in [0.3, 0.4) is 0 Å². The lowest BCUT2D eigenvalue weighted by Gasteiger charge is -2.15. The molecule has 0 unspecified atom stereocenters. The van der Waals surface area contributed by atoms with Crippen molar-refractivity contribution >= 4 is 17.8 Å². The first-order valence-corrected chi connectivity index (χ1v) is 11.2. The summed E-state index contributed by atoms with van der Waals surface area (Å²) in [6.07, 6.45) is 14.3. The van der Waals surface area contributed by atoms with Crippen molar-refractivity contribution < 1.29 is 24.2 Å². The Hall–Kier alpha value is -2.41. The van der Waals surface area contributed by atoms with Gasteiger partial charge in [-0.15, -0.1) is 0 Å². The molecular weight excluding hydrogens is 396 g/mol. The van der Waals surface area contributed by atoms with E-state index in [0.29, 0.717) is 18.7 Å². The fourth-order valence-electron chi connectivity index (χ4n) is 2.54. The second-order valence-electron chi connectivity index (χ2n) is 7.14. The van der Waals surface area contributed by atoms with Crippen molar-refractivity contribution in [1.82, 2.24) is 4.90 Å². The Balaban J connectivity index is 0. The first kappa shape index (κ1) is 30.8. The Kier molecular flexibility index (Phi) is 22.1. The van der Waals surface area contributed by atoms with Crippen molar-refractivity contribution in [2.75, 3.05) is 19.7 Å². The van der Waals surface area contributed by atoms with E-state index in [1.807, 2.05) is 0 Å². The van der Waals surface area contributed by atoms with E-state index in [0.717, 1.165) is 51.0 Å². The van der Waals surface area contributed by atoms with E-state index >= 15 is 0 Å². The van der Waals surface area contributed by atoms with Gasteiger partial charge >= 0.3 is 11.9 Å². The van der Waals surface area contributed by atoms with Crippen LogP contribution in [0.2, 0.25) is 0 Å². The summed E-state index contributed by atoms with van der Waals surface area (Å²) < 4.78 is 4.82. The van der Waals surface area contributed by atoms with Crippen LogP contribution in [-0.2, 0) is 19.1 Å². The predicted molar refractivity (Wildman–Crippen MR) is 125 cm³/mol. The maximum atomic E-state index is 11.5. The van der Waals surface area contributed by atoms with Crippen molar-refractivity contribution in [3.8, 4) is 0 Å². The van der Waals surface area contributed by atoms with Crippen LogP contribution in [0.25, 0.3) is 0 Å². The topological polar surface area (TPSA) is 110 Å². The molecule has 7 heteroatoms. The highest BCUT2D eigenvalue weighted by molar-refractivity contribution is 5.89. The van der Waals surface area contributed by atoms with E-state index in [-0.39, 0.29) is 18.5 Å². The van der Waals surface area contributed by atoms with Gasteiger partial charge in [-0.25, -0.2) is 9.59 Å². The van der Waals surface area contributed by atoms with Gasteiger partial charge in [0.1, 0.15) is 6.61 Å². The SMILES string of the molecule is C=C(CCCCC)C(=O)OCCN.C=CC(=O)N(C=CC(=O)O)CCCCCCCC. The molecule has 0 aliphatic heterocycles. The zero-order valence-corrected chi connectivity index (χ0v) is 19.4. The van der Waals surface area contributed by atoms with E-state index in [1.54, 1.807) is 0 Å². The first-order valence-electron chi connectivity index (χ1n) is 11.2. The maximum Gasteiger partial charge on any atom is 0.333 e. The number of unbranched alkanes of at least 4 members (excludes halogenated alkanes) is 7. The number of aliphatic carboxylic acids is 1. The van der Waals surface area contributed by atoms with Crippen LogP contribution < -0.4 is 5.73 Å². The predicted octanol–water partition coefficient (Wildman–Crippen LogP) is 4.58. The zero-order chi connectivity index (χ0) is 23.9. The third kappa shape index (κ3) is 20.6. The van der Waals surface area contributed by atoms with Crippen molar-refractivity contribution in [2.45, 2.75) is 78.1 Å². The highest BCUT2D eigenvalue weighted by Gasteiger charge is 2.07. The molecule has 0 aromatic rings. The summed E-state index contributed by atoms with van der Waals surface area (Å²) in [4.78, 5) is 34.4. The smallest absolute Gasteiger partial charge is 0.333 e. The van der Waals surface area contributed by atoms with Crippen LogP contribution >= 0.6 is 0 Å². The van der Waals surface area contributed by atoms with E-state index in [4.69, 9.17) is 15.6 Å². The molecule has 0 saturated heterocycles. The Bertz CT molecular complexity index is 558. The lowest BCUT2D eigenvalue weighted by molar-refractivity contribution is -0.139. The number of amides is 1. The average Bonchev–Trinajstić information content (AvgIpc) is 2.76. The molecule has 1 amide bonds. The van der Waals surface area contributed by atoms with Crippen molar-refractivity contribution in [3.63, 3.8) is 0 Å². The summed E-state index contributed by atoms with van der Waals surface area (Å²) >= 11 is 0. The lowest BCUT2D eigenvalue weighted by Crippen LogP contribution is -2.25. The number of hydrogen-bond acceptors (Lipinski definition) is 5. The molecule has 0 atom stereocenters.